The molecule has 1 aromatic carbocycles. The van der Waals surface area contributed by atoms with Gasteiger partial charge in [-0.15, -0.1) is 0 Å². The van der Waals surface area contributed by atoms with Crippen LogP contribution in [-0.2, 0) is 4.84 Å². The molecule has 9 heteroatoms. The van der Waals surface area contributed by atoms with Crippen LogP contribution in [0.2, 0.25) is 0 Å². The number of aliphatic hydroxyl groups excluding tert-OH is 1. The summed E-state index contributed by atoms with van der Waals surface area (Å²) in [5.74, 6) is 0.549. The summed E-state index contributed by atoms with van der Waals surface area (Å²) in [6.07, 6.45) is 2.77. The second kappa shape index (κ2) is 6.98. The van der Waals surface area contributed by atoms with Gasteiger partial charge in [0.1, 0.15) is 17.6 Å². The Labute approximate surface area is 177 Å². The van der Waals surface area contributed by atoms with E-state index in [-0.39, 0.29) is 12.0 Å². The Bertz CT molecular complexity index is 1320. The third-order valence-electron chi connectivity index (χ3n) is 6.14. The van der Waals surface area contributed by atoms with Crippen LogP contribution in [0.3, 0.4) is 0 Å². The first-order valence-corrected chi connectivity index (χ1v) is 10.4. The summed E-state index contributed by atoms with van der Waals surface area (Å²) in [5, 5.41) is 19.4. The number of nitrogens with one attached hydrogen (secondary N) is 1. The number of pyridine rings is 1. The minimum atomic E-state index is -0.635. The maximum absolute atomic E-state index is 10.7. The molecule has 1 aliphatic carbocycles. The molecular formula is C22H21N7O2. The number of benzene rings is 1. The first-order chi connectivity index (χ1) is 15.2. The van der Waals surface area contributed by atoms with Gasteiger partial charge in [0.05, 0.1) is 35.6 Å². The zero-order chi connectivity index (χ0) is 20.9. The van der Waals surface area contributed by atoms with Gasteiger partial charge in [-0.05, 0) is 25.5 Å². The molecule has 0 bridgehead atoms. The van der Waals surface area contributed by atoms with E-state index in [0.29, 0.717) is 17.8 Å². The second-order valence-corrected chi connectivity index (χ2v) is 7.91. The van der Waals surface area contributed by atoms with Crippen molar-refractivity contribution in [3.05, 3.63) is 54.7 Å². The van der Waals surface area contributed by atoms with E-state index in [2.05, 4.69) is 25.4 Å². The van der Waals surface area contributed by atoms with Crippen molar-refractivity contribution in [1.29, 1.82) is 0 Å². The molecule has 156 valence electrons. The predicted octanol–water partition coefficient (Wildman–Crippen LogP) is 2.53. The fourth-order valence-electron chi connectivity index (χ4n) is 4.74. The SMILES string of the molecule is CCNc1ncnc2c1ncn2[C@@H]1C[C@H](O)[C@H]2ON=C(c3ccc4ccccc4n3)[C@H]21. The predicted molar refractivity (Wildman–Crippen MR) is 116 cm³/mol. The fraction of sp³-hybridized carbons (Fsp3) is 0.318. The van der Waals surface area contributed by atoms with E-state index >= 15 is 0 Å². The van der Waals surface area contributed by atoms with Crippen LogP contribution in [0.4, 0.5) is 5.82 Å². The maximum Gasteiger partial charge on any atom is 0.165 e. The van der Waals surface area contributed by atoms with E-state index in [1.54, 1.807) is 6.33 Å². The zero-order valence-corrected chi connectivity index (χ0v) is 16.9. The van der Waals surface area contributed by atoms with Gasteiger partial charge in [-0.3, -0.25) is 0 Å². The number of aliphatic hydroxyl groups is 1. The first kappa shape index (κ1) is 18.2. The lowest BCUT2D eigenvalue weighted by atomic mass is 9.93. The van der Waals surface area contributed by atoms with Gasteiger partial charge in [-0.1, -0.05) is 29.4 Å². The quantitative estimate of drug-likeness (QED) is 0.527. The highest BCUT2D eigenvalue weighted by Gasteiger charge is 2.52. The molecule has 0 unspecified atom stereocenters. The Morgan fingerprint density at radius 1 is 1.16 bits per heavy atom. The standard InChI is InChI=1S/C22H21N7O2/c1-2-23-21-19-22(25-10-24-21)29(11-26-19)15-9-16(30)20-17(15)18(28-31-20)14-8-7-12-5-3-4-6-13(12)27-14/h3-8,10-11,15-17,20,30H,2,9H2,1H3,(H,23,24,25)/t15-,16+,17-,20-/m1/s1. The van der Waals surface area contributed by atoms with Crippen LogP contribution in [0.5, 0.6) is 0 Å². The number of imidazole rings is 1. The largest absolute Gasteiger partial charge is 0.389 e. The van der Waals surface area contributed by atoms with Crippen molar-refractivity contribution in [3.8, 4) is 0 Å². The molecule has 3 aromatic heterocycles. The second-order valence-electron chi connectivity index (χ2n) is 7.91. The third-order valence-corrected chi connectivity index (χ3v) is 6.14. The average Bonchev–Trinajstić information content (AvgIpc) is 3.49. The summed E-state index contributed by atoms with van der Waals surface area (Å²) >= 11 is 0. The smallest absolute Gasteiger partial charge is 0.165 e. The van der Waals surface area contributed by atoms with Crippen LogP contribution in [-0.4, -0.2) is 54.1 Å². The Kier molecular flexibility index (Phi) is 4.10. The Morgan fingerprint density at radius 2 is 2.06 bits per heavy atom. The summed E-state index contributed by atoms with van der Waals surface area (Å²) in [6.45, 7) is 2.75. The molecule has 1 aliphatic heterocycles. The summed E-state index contributed by atoms with van der Waals surface area (Å²) < 4.78 is 2.01. The molecular weight excluding hydrogens is 394 g/mol. The average molecular weight is 415 g/mol. The van der Waals surface area contributed by atoms with E-state index in [4.69, 9.17) is 9.82 Å². The Morgan fingerprint density at radius 3 is 2.97 bits per heavy atom. The van der Waals surface area contributed by atoms with Crippen molar-refractivity contribution in [2.45, 2.75) is 31.6 Å². The Hall–Kier alpha value is -3.59. The fourth-order valence-corrected chi connectivity index (χ4v) is 4.74. The molecule has 0 amide bonds. The molecule has 2 aliphatic rings. The van der Waals surface area contributed by atoms with Gasteiger partial charge in [0.15, 0.2) is 17.6 Å². The summed E-state index contributed by atoms with van der Waals surface area (Å²) in [4.78, 5) is 23.8. The summed E-state index contributed by atoms with van der Waals surface area (Å²) in [6, 6.07) is 11.9. The number of fused-ring (bicyclic) bond motifs is 3. The van der Waals surface area contributed by atoms with Crippen LogP contribution in [0.15, 0.2) is 54.2 Å². The number of hydrogen-bond acceptors (Lipinski definition) is 8. The van der Waals surface area contributed by atoms with E-state index in [1.165, 1.54) is 6.33 Å². The summed E-state index contributed by atoms with van der Waals surface area (Å²) in [7, 11) is 0. The molecule has 0 saturated heterocycles. The highest BCUT2D eigenvalue weighted by atomic mass is 16.7. The highest BCUT2D eigenvalue weighted by molar-refractivity contribution is 6.03. The van der Waals surface area contributed by atoms with Gasteiger partial charge < -0.3 is 19.8 Å². The van der Waals surface area contributed by atoms with Crippen molar-refractivity contribution in [1.82, 2.24) is 24.5 Å². The number of aromatic nitrogens is 5. The van der Waals surface area contributed by atoms with Crippen LogP contribution in [0.25, 0.3) is 22.1 Å². The summed E-state index contributed by atoms with van der Waals surface area (Å²) in [5.41, 5.74) is 3.85. The molecule has 4 atom stereocenters. The molecule has 0 spiro atoms. The van der Waals surface area contributed by atoms with Crippen LogP contribution in [0, 0.1) is 5.92 Å². The van der Waals surface area contributed by atoms with Gasteiger partial charge in [0.2, 0.25) is 0 Å². The molecule has 31 heavy (non-hydrogen) atoms. The number of oxime groups is 1. The number of rotatable bonds is 4. The van der Waals surface area contributed by atoms with Crippen LogP contribution in [0.1, 0.15) is 25.1 Å². The highest BCUT2D eigenvalue weighted by Crippen LogP contribution is 2.44. The van der Waals surface area contributed by atoms with E-state index < -0.39 is 12.2 Å². The van der Waals surface area contributed by atoms with Crippen molar-refractivity contribution in [3.63, 3.8) is 0 Å². The molecule has 1 fully saturated rings. The third kappa shape index (κ3) is 2.77. The first-order valence-electron chi connectivity index (χ1n) is 10.4. The molecule has 6 rings (SSSR count). The van der Waals surface area contributed by atoms with E-state index in [1.807, 2.05) is 47.9 Å². The molecule has 4 aromatic rings. The normalized spacial score (nSPS) is 24.9. The van der Waals surface area contributed by atoms with E-state index in [9.17, 15) is 5.11 Å². The molecule has 0 radical (unpaired) electrons. The van der Waals surface area contributed by atoms with Gasteiger partial charge >= 0.3 is 0 Å². The van der Waals surface area contributed by atoms with Gasteiger partial charge in [0.25, 0.3) is 0 Å². The van der Waals surface area contributed by atoms with Crippen molar-refractivity contribution in [2.24, 2.45) is 11.1 Å². The maximum atomic E-state index is 10.7. The lowest BCUT2D eigenvalue weighted by Crippen LogP contribution is -2.29. The lowest BCUT2D eigenvalue weighted by molar-refractivity contribution is -0.0104. The van der Waals surface area contributed by atoms with Gasteiger partial charge in [-0.2, -0.15) is 0 Å². The minimum absolute atomic E-state index is 0.108. The van der Waals surface area contributed by atoms with Crippen LogP contribution < -0.4 is 5.32 Å². The van der Waals surface area contributed by atoms with Crippen LogP contribution >= 0.6 is 0 Å². The van der Waals surface area contributed by atoms with Crippen molar-refractivity contribution < 1.29 is 9.94 Å². The van der Waals surface area contributed by atoms with Gasteiger partial charge in [-0.25, -0.2) is 19.9 Å². The minimum Gasteiger partial charge on any atom is -0.389 e. The number of anilines is 1. The Balaban J connectivity index is 1.43. The van der Waals surface area contributed by atoms with Crippen molar-refractivity contribution in [2.75, 3.05) is 11.9 Å². The van der Waals surface area contributed by atoms with Crippen molar-refractivity contribution >= 4 is 33.6 Å². The molecule has 4 heterocycles. The molecule has 9 nitrogen and oxygen atoms in total. The lowest BCUT2D eigenvalue weighted by Gasteiger charge is -2.20. The number of para-hydroxylation sites is 1. The number of nitrogens with zero attached hydrogens (tertiary/aromatic N) is 6. The molecule has 2 N–H and O–H groups in total. The van der Waals surface area contributed by atoms with Gasteiger partial charge in [0, 0.05) is 11.9 Å². The zero-order valence-electron chi connectivity index (χ0n) is 16.9. The topological polar surface area (TPSA) is 110 Å². The number of hydrogen-bond donors (Lipinski definition) is 2. The monoisotopic (exact) mass is 415 g/mol. The van der Waals surface area contributed by atoms with E-state index in [0.717, 1.165) is 34.5 Å². The molecule has 1 saturated carbocycles.